The Morgan fingerprint density at radius 1 is 0.909 bits per heavy atom. The van der Waals surface area contributed by atoms with Gasteiger partial charge in [0.05, 0.1) is 11.9 Å². The van der Waals surface area contributed by atoms with Gasteiger partial charge in [0.2, 0.25) is 11.8 Å². The number of fused-ring (bicyclic) bond motifs is 4. The van der Waals surface area contributed by atoms with Gasteiger partial charge in [-0.1, -0.05) is 66.7 Å². The number of aromatic nitrogens is 6. The number of H-pyrrole nitrogens is 1. The SMILES string of the molecule is CC(C)N(C(=O)CN1C(=O)C(Cc2c[nH]c3ccccc23)c2nnc(-c3ccccc3)n2-c2ccnnc21)c1ccccc1. The Morgan fingerprint density at radius 2 is 1.64 bits per heavy atom. The molecule has 7 rings (SSSR count). The van der Waals surface area contributed by atoms with Gasteiger partial charge in [0, 0.05) is 34.4 Å². The molecule has 0 aliphatic carbocycles. The quantitative estimate of drug-likeness (QED) is 0.273. The third-order valence-electron chi connectivity index (χ3n) is 7.98. The highest BCUT2D eigenvalue weighted by Crippen LogP contribution is 2.38. The summed E-state index contributed by atoms with van der Waals surface area (Å²) in [5.41, 5.74) is 4.12. The Bertz CT molecular complexity index is 1970. The maximum absolute atomic E-state index is 14.7. The average molecular weight is 583 g/mol. The van der Waals surface area contributed by atoms with E-state index in [9.17, 15) is 9.59 Å². The van der Waals surface area contributed by atoms with Crippen LogP contribution in [0, 0.1) is 0 Å². The fourth-order valence-electron chi connectivity index (χ4n) is 6.00. The van der Waals surface area contributed by atoms with Crippen LogP contribution in [0.5, 0.6) is 0 Å². The van der Waals surface area contributed by atoms with Crippen molar-refractivity contribution in [1.29, 1.82) is 0 Å². The fourth-order valence-corrected chi connectivity index (χ4v) is 6.00. The number of anilines is 2. The minimum atomic E-state index is -0.759. The molecule has 1 N–H and O–H groups in total. The van der Waals surface area contributed by atoms with Crippen LogP contribution in [0.3, 0.4) is 0 Å². The maximum atomic E-state index is 14.7. The van der Waals surface area contributed by atoms with Crippen molar-refractivity contribution in [1.82, 2.24) is 29.9 Å². The van der Waals surface area contributed by atoms with Gasteiger partial charge in [-0.05, 0) is 50.1 Å². The van der Waals surface area contributed by atoms with Crippen molar-refractivity contribution in [2.75, 3.05) is 16.3 Å². The molecule has 10 heteroatoms. The van der Waals surface area contributed by atoms with Crippen LogP contribution < -0.4 is 9.80 Å². The van der Waals surface area contributed by atoms with Crippen LogP contribution in [0.4, 0.5) is 11.5 Å². The van der Waals surface area contributed by atoms with E-state index in [1.807, 2.05) is 110 Å². The number of nitrogens with zero attached hydrogens (tertiary/aromatic N) is 7. The second-order valence-electron chi connectivity index (χ2n) is 11.1. The van der Waals surface area contributed by atoms with Crippen LogP contribution in [0.15, 0.2) is 103 Å². The predicted molar refractivity (Wildman–Crippen MR) is 169 cm³/mol. The summed E-state index contributed by atoms with van der Waals surface area (Å²) in [5.74, 6) is 0.0449. The molecule has 44 heavy (non-hydrogen) atoms. The molecule has 0 bridgehead atoms. The Labute approximate surface area is 254 Å². The highest BCUT2D eigenvalue weighted by atomic mass is 16.2. The van der Waals surface area contributed by atoms with Crippen LogP contribution in [0.2, 0.25) is 0 Å². The summed E-state index contributed by atoms with van der Waals surface area (Å²) in [6.07, 6.45) is 3.85. The summed E-state index contributed by atoms with van der Waals surface area (Å²) in [6.45, 7) is 3.69. The molecule has 218 valence electrons. The normalized spacial score (nSPS) is 14.4. The van der Waals surface area contributed by atoms with Crippen molar-refractivity contribution >= 4 is 34.2 Å². The van der Waals surface area contributed by atoms with Gasteiger partial charge in [-0.2, -0.15) is 5.10 Å². The highest BCUT2D eigenvalue weighted by molar-refractivity contribution is 6.07. The second kappa shape index (κ2) is 11.2. The zero-order valence-corrected chi connectivity index (χ0v) is 24.3. The first kappa shape index (κ1) is 27.2. The molecule has 1 unspecified atom stereocenters. The second-order valence-corrected chi connectivity index (χ2v) is 11.1. The lowest BCUT2D eigenvalue weighted by atomic mass is 9.96. The van der Waals surface area contributed by atoms with Crippen LogP contribution in [-0.2, 0) is 16.0 Å². The largest absolute Gasteiger partial charge is 0.361 e. The van der Waals surface area contributed by atoms with Crippen LogP contribution in [0.25, 0.3) is 28.0 Å². The number of carbonyl (C=O) groups excluding carboxylic acids is 2. The predicted octanol–water partition coefficient (Wildman–Crippen LogP) is 5.32. The average Bonchev–Trinajstić information content (AvgIpc) is 3.65. The van der Waals surface area contributed by atoms with E-state index in [0.29, 0.717) is 23.8 Å². The Hall–Kier alpha value is -5.64. The molecule has 1 atom stereocenters. The number of amides is 2. The first-order valence-electron chi connectivity index (χ1n) is 14.6. The Balaban J connectivity index is 1.38. The topological polar surface area (TPSA) is 113 Å². The Morgan fingerprint density at radius 3 is 2.41 bits per heavy atom. The van der Waals surface area contributed by atoms with Gasteiger partial charge in [0.15, 0.2) is 17.5 Å². The van der Waals surface area contributed by atoms with Crippen molar-refractivity contribution in [2.24, 2.45) is 0 Å². The van der Waals surface area contributed by atoms with Crippen molar-refractivity contribution < 1.29 is 9.59 Å². The van der Waals surface area contributed by atoms with Crippen molar-refractivity contribution in [3.63, 3.8) is 0 Å². The number of hydrogen-bond acceptors (Lipinski definition) is 6. The van der Waals surface area contributed by atoms with Gasteiger partial charge in [0.25, 0.3) is 0 Å². The molecule has 1 aliphatic rings. The molecule has 0 fully saturated rings. The molecule has 0 saturated heterocycles. The molecule has 10 nitrogen and oxygen atoms in total. The summed E-state index contributed by atoms with van der Waals surface area (Å²) in [7, 11) is 0. The molecule has 0 radical (unpaired) electrons. The molecular weight excluding hydrogens is 552 g/mol. The van der Waals surface area contributed by atoms with Gasteiger partial charge in [0.1, 0.15) is 12.5 Å². The lowest BCUT2D eigenvalue weighted by Gasteiger charge is -2.30. The molecule has 1 aliphatic heterocycles. The van der Waals surface area contributed by atoms with Gasteiger partial charge in [-0.15, -0.1) is 15.3 Å². The van der Waals surface area contributed by atoms with Crippen LogP contribution in [-0.4, -0.2) is 54.3 Å². The number of benzene rings is 3. The molecule has 4 heterocycles. The fraction of sp³-hybridized carbons (Fsp3) is 0.176. The van der Waals surface area contributed by atoms with E-state index in [4.69, 9.17) is 0 Å². The molecular formula is C34H30N8O2. The van der Waals surface area contributed by atoms with E-state index in [2.05, 4.69) is 25.4 Å². The van der Waals surface area contributed by atoms with E-state index in [1.165, 1.54) is 4.90 Å². The van der Waals surface area contributed by atoms with Gasteiger partial charge >= 0.3 is 0 Å². The maximum Gasteiger partial charge on any atom is 0.247 e. The van der Waals surface area contributed by atoms with Crippen molar-refractivity contribution in [3.8, 4) is 17.1 Å². The number of rotatable bonds is 7. The van der Waals surface area contributed by atoms with E-state index >= 15 is 0 Å². The number of nitrogens with one attached hydrogen (secondary N) is 1. The lowest BCUT2D eigenvalue weighted by molar-refractivity contribution is -0.123. The van der Waals surface area contributed by atoms with E-state index in [-0.39, 0.29) is 30.2 Å². The van der Waals surface area contributed by atoms with E-state index < -0.39 is 5.92 Å². The standard InChI is InChI=1S/C34H30N8O2/c1-22(2)41(25-13-7-4-8-14-25)30(43)21-40-33-29(17-18-36-37-33)42-31(23-11-5-3-6-12-23)38-39-32(42)27(34(40)44)19-24-20-35-28-16-10-9-15-26(24)28/h3-18,20,22,27,35H,19,21H2,1-2H3. The first-order valence-corrected chi connectivity index (χ1v) is 14.6. The van der Waals surface area contributed by atoms with Gasteiger partial charge in [-0.25, -0.2) is 0 Å². The summed E-state index contributed by atoms with van der Waals surface area (Å²) in [5, 5.41) is 18.8. The molecule has 0 spiro atoms. The van der Waals surface area contributed by atoms with Gasteiger partial charge in [-0.3, -0.25) is 19.1 Å². The Kier molecular flexibility index (Phi) is 6.94. The number of carbonyl (C=O) groups is 2. The summed E-state index contributed by atoms with van der Waals surface area (Å²) in [4.78, 5) is 35.3. The number of hydrogen-bond donors (Lipinski definition) is 1. The molecule has 6 aromatic rings. The third kappa shape index (κ3) is 4.70. The molecule has 3 aromatic heterocycles. The van der Waals surface area contributed by atoms with Crippen molar-refractivity contribution in [3.05, 3.63) is 115 Å². The zero-order valence-electron chi connectivity index (χ0n) is 24.3. The monoisotopic (exact) mass is 582 g/mol. The smallest absolute Gasteiger partial charge is 0.247 e. The van der Waals surface area contributed by atoms with Crippen molar-refractivity contribution in [2.45, 2.75) is 32.2 Å². The number of para-hydroxylation sites is 2. The zero-order chi connectivity index (χ0) is 30.2. The minimum absolute atomic E-state index is 0.139. The van der Waals surface area contributed by atoms with Crippen LogP contribution >= 0.6 is 0 Å². The summed E-state index contributed by atoms with van der Waals surface area (Å²) in [6, 6.07) is 28.8. The molecule has 3 aromatic carbocycles. The van der Waals surface area contributed by atoms with E-state index in [0.717, 1.165) is 27.7 Å². The number of aromatic amines is 1. The lowest BCUT2D eigenvalue weighted by Crippen LogP contribution is -2.47. The minimum Gasteiger partial charge on any atom is -0.361 e. The van der Waals surface area contributed by atoms with E-state index in [1.54, 1.807) is 17.2 Å². The molecule has 0 saturated carbocycles. The first-order chi connectivity index (χ1) is 21.5. The summed E-state index contributed by atoms with van der Waals surface area (Å²) >= 11 is 0. The van der Waals surface area contributed by atoms with Gasteiger partial charge < -0.3 is 9.88 Å². The summed E-state index contributed by atoms with van der Waals surface area (Å²) < 4.78 is 1.89. The third-order valence-corrected chi connectivity index (χ3v) is 7.98. The van der Waals surface area contributed by atoms with Crippen LogP contribution in [0.1, 0.15) is 31.2 Å². The highest BCUT2D eigenvalue weighted by Gasteiger charge is 2.40. The molecule has 2 amide bonds.